The largest absolute Gasteiger partial charge is 0.480 e. The molecule has 1 amide bonds. The third-order valence-electron chi connectivity index (χ3n) is 3.15. The Kier molecular flexibility index (Phi) is 4.95. The molecule has 1 heterocycles. The summed E-state index contributed by atoms with van der Waals surface area (Å²) in [6.07, 6.45) is 1.46. The van der Waals surface area contributed by atoms with Crippen molar-refractivity contribution in [2.24, 2.45) is 5.92 Å². The highest BCUT2D eigenvalue weighted by molar-refractivity contribution is 5.92. The molecule has 0 spiro atoms. The summed E-state index contributed by atoms with van der Waals surface area (Å²) in [6, 6.07) is 6.83. The molecule has 2 rings (SSSR count). The number of carbonyl (C=O) groups is 2. The molecule has 3 N–H and O–H groups in total. The van der Waals surface area contributed by atoms with Crippen molar-refractivity contribution in [2.75, 3.05) is 25.0 Å². The molecule has 6 nitrogen and oxygen atoms in total. The number of carboxylic acid groups (broad SMARTS) is 1. The lowest BCUT2D eigenvalue weighted by atomic mass is 10.0. The van der Waals surface area contributed by atoms with Crippen LogP contribution in [0.25, 0.3) is 0 Å². The number of para-hydroxylation sites is 2. The molecule has 0 aliphatic carbocycles. The molecule has 6 heteroatoms. The van der Waals surface area contributed by atoms with Gasteiger partial charge in [0.05, 0.1) is 5.69 Å². The molecule has 108 valence electrons. The zero-order valence-corrected chi connectivity index (χ0v) is 11.1. The van der Waals surface area contributed by atoms with Crippen LogP contribution in [0.1, 0.15) is 12.8 Å². The standard InChI is InChI=1S/C14H18N2O4/c17-13(7-10-5-6-15-8-10)16-11-3-1-2-4-12(11)20-9-14(18)19/h1-4,10,15H,5-9H2,(H,16,17)(H,18,19). The van der Waals surface area contributed by atoms with Gasteiger partial charge in [0.15, 0.2) is 6.61 Å². The Bertz CT molecular complexity index is 484. The molecule has 20 heavy (non-hydrogen) atoms. The highest BCUT2D eigenvalue weighted by Gasteiger charge is 2.18. The van der Waals surface area contributed by atoms with Crippen LogP contribution in [0.5, 0.6) is 5.75 Å². The van der Waals surface area contributed by atoms with E-state index in [1.54, 1.807) is 24.3 Å². The van der Waals surface area contributed by atoms with Gasteiger partial charge in [-0.05, 0) is 37.6 Å². The monoisotopic (exact) mass is 278 g/mol. The first-order chi connectivity index (χ1) is 9.65. The maximum atomic E-state index is 11.9. The van der Waals surface area contributed by atoms with Crippen molar-refractivity contribution in [2.45, 2.75) is 12.8 Å². The molecule has 1 aliphatic rings. The summed E-state index contributed by atoms with van der Waals surface area (Å²) in [7, 11) is 0. The average Bonchev–Trinajstić information content (AvgIpc) is 2.90. The number of rotatable bonds is 6. The van der Waals surface area contributed by atoms with E-state index in [0.717, 1.165) is 19.5 Å². The SMILES string of the molecule is O=C(O)COc1ccccc1NC(=O)CC1CCNC1. The summed E-state index contributed by atoms with van der Waals surface area (Å²) >= 11 is 0. The van der Waals surface area contributed by atoms with Gasteiger partial charge in [-0.3, -0.25) is 4.79 Å². The van der Waals surface area contributed by atoms with Gasteiger partial charge in [0.25, 0.3) is 0 Å². The van der Waals surface area contributed by atoms with Gasteiger partial charge in [0.1, 0.15) is 5.75 Å². The second kappa shape index (κ2) is 6.91. The molecule has 0 saturated carbocycles. The fourth-order valence-corrected chi connectivity index (χ4v) is 2.19. The molecular weight excluding hydrogens is 260 g/mol. The van der Waals surface area contributed by atoms with Crippen LogP contribution >= 0.6 is 0 Å². The van der Waals surface area contributed by atoms with E-state index < -0.39 is 12.6 Å². The molecule has 0 radical (unpaired) electrons. The van der Waals surface area contributed by atoms with Crippen LogP contribution in [-0.2, 0) is 9.59 Å². The van der Waals surface area contributed by atoms with Crippen LogP contribution in [0.4, 0.5) is 5.69 Å². The van der Waals surface area contributed by atoms with Crippen molar-refractivity contribution in [3.8, 4) is 5.75 Å². The summed E-state index contributed by atoms with van der Waals surface area (Å²) in [6.45, 7) is 1.39. The Hall–Kier alpha value is -2.08. The number of hydrogen-bond donors (Lipinski definition) is 3. The average molecular weight is 278 g/mol. The first-order valence-electron chi connectivity index (χ1n) is 6.59. The maximum absolute atomic E-state index is 11.9. The summed E-state index contributed by atoms with van der Waals surface area (Å²) in [5.74, 6) is -0.400. The van der Waals surface area contributed by atoms with Gasteiger partial charge >= 0.3 is 5.97 Å². The van der Waals surface area contributed by atoms with Crippen molar-refractivity contribution in [3.05, 3.63) is 24.3 Å². The molecule has 1 aliphatic heterocycles. The van der Waals surface area contributed by atoms with Gasteiger partial charge in [-0.1, -0.05) is 12.1 Å². The third kappa shape index (κ3) is 4.24. The van der Waals surface area contributed by atoms with E-state index in [9.17, 15) is 9.59 Å². The topological polar surface area (TPSA) is 87.7 Å². The maximum Gasteiger partial charge on any atom is 0.341 e. The quantitative estimate of drug-likeness (QED) is 0.725. The van der Waals surface area contributed by atoms with Gasteiger partial charge in [-0.25, -0.2) is 4.79 Å². The predicted molar refractivity (Wildman–Crippen MR) is 73.8 cm³/mol. The lowest BCUT2D eigenvalue weighted by Crippen LogP contribution is -2.19. The number of aliphatic carboxylic acids is 1. The predicted octanol–water partition coefficient (Wildman–Crippen LogP) is 1.09. The first-order valence-corrected chi connectivity index (χ1v) is 6.59. The Balaban J connectivity index is 1.93. The minimum atomic E-state index is -1.05. The minimum Gasteiger partial charge on any atom is -0.480 e. The summed E-state index contributed by atoms with van der Waals surface area (Å²) in [5, 5.41) is 14.6. The molecule has 0 bridgehead atoms. The van der Waals surface area contributed by atoms with Crippen molar-refractivity contribution in [1.29, 1.82) is 0 Å². The number of carbonyl (C=O) groups excluding carboxylic acids is 1. The minimum absolute atomic E-state index is 0.0786. The Morgan fingerprint density at radius 3 is 2.90 bits per heavy atom. The molecule has 1 atom stereocenters. The Labute approximate surface area is 117 Å². The Morgan fingerprint density at radius 2 is 2.20 bits per heavy atom. The van der Waals surface area contributed by atoms with Gasteiger partial charge in [-0.2, -0.15) is 0 Å². The number of ether oxygens (including phenoxy) is 1. The van der Waals surface area contributed by atoms with E-state index in [0.29, 0.717) is 23.8 Å². The summed E-state index contributed by atoms with van der Waals surface area (Å²) < 4.78 is 5.14. The number of carboxylic acids is 1. The number of nitrogens with one attached hydrogen (secondary N) is 2. The van der Waals surface area contributed by atoms with E-state index in [1.807, 2.05) is 0 Å². The highest BCUT2D eigenvalue weighted by Crippen LogP contribution is 2.24. The van der Waals surface area contributed by atoms with Crippen molar-refractivity contribution in [1.82, 2.24) is 5.32 Å². The van der Waals surface area contributed by atoms with Crippen LogP contribution in [0.15, 0.2) is 24.3 Å². The molecule has 1 aromatic rings. The normalized spacial score (nSPS) is 17.7. The lowest BCUT2D eigenvalue weighted by Gasteiger charge is -2.12. The number of amides is 1. The molecule has 0 aromatic heterocycles. The third-order valence-corrected chi connectivity index (χ3v) is 3.15. The van der Waals surface area contributed by atoms with Crippen LogP contribution in [0, 0.1) is 5.92 Å². The smallest absolute Gasteiger partial charge is 0.341 e. The van der Waals surface area contributed by atoms with Crippen molar-refractivity contribution >= 4 is 17.6 Å². The van der Waals surface area contributed by atoms with Gasteiger partial charge < -0.3 is 20.5 Å². The van der Waals surface area contributed by atoms with Gasteiger partial charge in [0, 0.05) is 6.42 Å². The van der Waals surface area contributed by atoms with E-state index in [1.165, 1.54) is 0 Å². The fourth-order valence-electron chi connectivity index (χ4n) is 2.19. The van der Waals surface area contributed by atoms with E-state index in [4.69, 9.17) is 9.84 Å². The summed E-state index contributed by atoms with van der Waals surface area (Å²) in [4.78, 5) is 22.5. The molecule has 1 fully saturated rings. The number of hydrogen-bond acceptors (Lipinski definition) is 4. The van der Waals surface area contributed by atoms with Gasteiger partial charge in [-0.15, -0.1) is 0 Å². The zero-order valence-electron chi connectivity index (χ0n) is 11.1. The second-order valence-corrected chi connectivity index (χ2v) is 4.79. The number of benzene rings is 1. The van der Waals surface area contributed by atoms with Crippen LogP contribution in [0.2, 0.25) is 0 Å². The summed E-state index contributed by atoms with van der Waals surface area (Å²) in [5.41, 5.74) is 0.504. The fraction of sp³-hybridized carbons (Fsp3) is 0.429. The van der Waals surface area contributed by atoms with Crippen LogP contribution < -0.4 is 15.4 Å². The lowest BCUT2D eigenvalue weighted by molar-refractivity contribution is -0.139. The molecule has 1 unspecified atom stereocenters. The second-order valence-electron chi connectivity index (χ2n) is 4.79. The number of anilines is 1. The molecular formula is C14H18N2O4. The van der Waals surface area contributed by atoms with E-state index in [2.05, 4.69) is 10.6 Å². The molecule has 1 saturated heterocycles. The zero-order chi connectivity index (χ0) is 14.4. The molecule has 1 aromatic carbocycles. The first kappa shape index (κ1) is 14.3. The van der Waals surface area contributed by atoms with Crippen molar-refractivity contribution in [3.63, 3.8) is 0 Å². The highest BCUT2D eigenvalue weighted by atomic mass is 16.5. The van der Waals surface area contributed by atoms with Gasteiger partial charge in [0.2, 0.25) is 5.91 Å². The van der Waals surface area contributed by atoms with E-state index >= 15 is 0 Å². The van der Waals surface area contributed by atoms with E-state index in [-0.39, 0.29) is 5.91 Å². The van der Waals surface area contributed by atoms with Crippen LogP contribution in [-0.4, -0.2) is 36.7 Å². The Morgan fingerprint density at radius 1 is 1.40 bits per heavy atom. The van der Waals surface area contributed by atoms with Crippen molar-refractivity contribution < 1.29 is 19.4 Å². The van der Waals surface area contributed by atoms with Crippen LogP contribution in [0.3, 0.4) is 0 Å².